The van der Waals surface area contributed by atoms with Crippen LogP contribution in [0.2, 0.25) is 0 Å². The summed E-state index contributed by atoms with van der Waals surface area (Å²) >= 11 is 0. The van der Waals surface area contributed by atoms with Crippen LogP contribution >= 0.6 is 8.53 Å². The standard InChI is InChI=1S/C45H57N4O8P/c1-29(2)49(30(3)4)58(55-25-13-24-46)57-40-39-31(5)26-33(7)44(40,56-42(39)48-27-32(6)41(50)47-43(48)51)28-54-45(34-14-11-10-12-15-34,35-16-20-37(52-8)21-17-35)36-18-22-38(53-9)23-19-36/h10-12,14-23,27,29-31,33,39-40,42H,13,25-26,28H2,1-9H3,(H,47,50,51)/t31-,33-,39?,40-,42+,44-,58?/m0/s1. The van der Waals surface area contributed by atoms with Crippen LogP contribution in [0.1, 0.15) is 82.9 Å². The van der Waals surface area contributed by atoms with Crippen molar-refractivity contribution in [3.8, 4) is 17.6 Å². The number of aromatic amines is 1. The number of fused-ring (bicyclic) bond motifs is 2. The molecule has 1 N–H and O–H groups in total. The van der Waals surface area contributed by atoms with Gasteiger partial charge in [0, 0.05) is 29.8 Å². The maximum Gasteiger partial charge on any atom is 0.330 e. The molecule has 1 saturated heterocycles. The van der Waals surface area contributed by atoms with Crippen LogP contribution < -0.4 is 20.7 Å². The van der Waals surface area contributed by atoms with Crippen molar-refractivity contribution >= 4 is 8.53 Å². The van der Waals surface area contributed by atoms with Crippen LogP contribution in [-0.4, -0.2) is 65.4 Å². The zero-order valence-corrected chi connectivity index (χ0v) is 35.9. The van der Waals surface area contributed by atoms with Crippen LogP contribution in [-0.2, 0) is 24.1 Å². The quantitative estimate of drug-likeness (QED) is 0.0633. The molecule has 2 aliphatic rings. The summed E-state index contributed by atoms with van der Waals surface area (Å²) in [6.07, 6.45) is 1.11. The summed E-state index contributed by atoms with van der Waals surface area (Å²) in [5.74, 6) is 0.971. The molecule has 2 fully saturated rings. The minimum absolute atomic E-state index is 0.0318. The van der Waals surface area contributed by atoms with E-state index in [2.05, 4.69) is 69.4 Å². The SMILES string of the molecule is COc1ccc(C(OC[C@]23O[C@@H](n4cc(C)c(=O)[nH]c4=O)C([C@@H](C)C[C@@H]2C)[C@@H]3OP(OCCC#N)N(C(C)C)C(C)C)(c2ccccc2)c2ccc(OC)cc2)cc1. The second kappa shape index (κ2) is 18.3. The minimum atomic E-state index is -1.74. The summed E-state index contributed by atoms with van der Waals surface area (Å²) in [6.45, 7) is 14.7. The highest BCUT2D eigenvalue weighted by Gasteiger charge is 2.65. The van der Waals surface area contributed by atoms with Crippen LogP contribution in [0.25, 0.3) is 0 Å². The molecular formula is C45H57N4O8P. The molecule has 2 unspecified atom stereocenters. The summed E-state index contributed by atoms with van der Waals surface area (Å²) in [4.78, 5) is 28.8. The first kappa shape index (κ1) is 43.2. The lowest BCUT2D eigenvalue weighted by atomic mass is 9.66. The van der Waals surface area contributed by atoms with Gasteiger partial charge in [0.25, 0.3) is 14.1 Å². The molecule has 0 amide bonds. The molecule has 58 heavy (non-hydrogen) atoms. The van der Waals surface area contributed by atoms with Crippen molar-refractivity contribution in [3.05, 3.63) is 128 Å². The molecule has 7 atom stereocenters. The highest BCUT2D eigenvalue weighted by atomic mass is 31.2. The van der Waals surface area contributed by atoms with Gasteiger partial charge >= 0.3 is 5.69 Å². The molecule has 12 nitrogen and oxygen atoms in total. The third-order valence-electron chi connectivity index (χ3n) is 11.7. The Morgan fingerprint density at radius 2 is 1.50 bits per heavy atom. The van der Waals surface area contributed by atoms with E-state index in [4.69, 9.17) is 28.0 Å². The largest absolute Gasteiger partial charge is 0.497 e. The van der Waals surface area contributed by atoms with Gasteiger partial charge in [0.2, 0.25) is 0 Å². The zero-order valence-electron chi connectivity index (χ0n) is 35.0. The summed E-state index contributed by atoms with van der Waals surface area (Å²) in [5, 5.41) is 9.49. The maximum absolute atomic E-state index is 13.7. The van der Waals surface area contributed by atoms with Crippen molar-refractivity contribution in [1.82, 2.24) is 14.2 Å². The van der Waals surface area contributed by atoms with E-state index in [0.29, 0.717) is 17.1 Å². The number of methoxy groups -OCH3 is 2. The van der Waals surface area contributed by atoms with E-state index >= 15 is 0 Å². The molecule has 1 aliphatic carbocycles. The lowest BCUT2D eigenvalue weighted by Crippen LogP contribution is -2.57. The summed E-state index contributed by atoms with van der Waals surface area (Å²) in [6, 6.07) is 28.2. The van der Waals surface area contributed by atoms with Gasteiger partial charge in [-0.1, -0.05) is 68.4 Å². The normalized spacial score (nSPS) is 23.6. The Kier molecular flexibility index (Phi) is 13.6. The highest BCUT2D eigenvalue weighted by Crippen LogP contribution is 2.61. The summed E-state index contributed by atoms with van der Waals surface area (Å²) < 4.78 is 43.7. The van der Waals surface area contributed by atoms with E-state index in [-0.39, 0.29) is 49.5 Å². The number of H-pyrrole nitrogens is 1. The van der Waals surface area contributed by atoms with Gasteiger partial charge in [-0.05, 0) is 93.8 Å². The molecule has 3 aromatic carbocycles. The van der Waals surface area contributed by atoms with Gasteiger partial charge in [-0.2, -0.15) is 5.26 Å². The van der Waals surface area contributed by atoms with Crippen LogP contribution in [0.4, 0.5) is 0 Å². The number of nitrogens with one attached hydrogen (secondary N) is 1. The van der Waals surface area contributed by atoms with Gasteiger partial charge in [-0.3, -0.25) is 14.3 Å². The number of rotatable bonds is 17. The van der Waals surface area contributed by atoms with Crippen molar-refractivity contribution in [2.24, 2.45) is 17.8 Å². The zero-order chi connectivity index (χ0) is 41.8. The molecule has 6 rings (SSSR count). The van der Waals surface area contributed by atoms with E-state index in [9.17, 15) is 14.9 Å². The summed E-state index contributed by atoms with van der Waals surface area (Å²) in [5.41, 5.74) is -0.283. The number of nitriles is 1. The predicted molar refractivity (Wildman–Crippen MR) is 224 cm³/mol. The third-order valence-corrected chi connectivity index (χ3v) is 13.8. The van der Waals surface area contributed by atoms with Crippen molar-refractivity contribution < 1.29 is 28.0 Å². The minimum Gasteiger partial charge on any atom is -0.497 e. The monoisotopic (exact) mass is 812 g/mol. The number of hydrogen-bond donors (Lipinski definition) is 1. The Labute approximate surface area is 343 Å². The number of aromatic nitrogens is 2. The fourth-order valence-electron chi connectivity index (χ4n) is 8.86. The Balaban J connectivity index is 1.56. The van der Waals surface area contributed by atoms with Gasteiger partial charge in [0.05, 0.1) is 39.9 Å². The van der Waals surface area contributed by atoms with Gasteiger partial charge in [0.1, 0.15) is 35.0 Å². The first-order valence-electron chi connectivity index (χ1n) is 20.0. The average Bonchev–Trinajstić information content (AvgIpc) is 3.48. The van der Waals surface area contributed by atoms with Gasteiger partial charge in [0.15, 0.2) is 0 Å². The number of nitrogens with zero attached hydrogens (tertiary/aromatic N) is 3. The topological polar surface area (TPSA) is 137 Å². The molecule has 2 bridgehead atoms. The molecule has 1 saturated carbocycles. The Bertz CT molecular complexity index is 2080. The molecule has 1 aliphatic heterocycles. The summed E-state index contributed by atoms with van der Waals surface area (Å²) in [7, 11) is 1.55. The Morgan fingerprint density at radius 3 is 2.03 bits per heavy atom. The van der Waals surface area contributed by atoms with Crippen molar-refractivity contribution in [3.63, 3.8) is 0 Å². The molecule has 2 heterocycles. The van der Waals surface area contributed by atoms with Crippen molar-refractivity contribution in [1.29, 1.82) is 5.26 Å². The molecule has 1 aromatic heterocycles. The first-order chi connectivity index (χ1) is 27.8. The molecule has 0 spiro atoms. The predicted octanol–water partition coefficient (Wildman–Crippen LogP) is 8.09. The molecule has 0 radical (unpaired) electrons. The average molecular weight is 813 g/mol. The fourth-order valence-corrected chi connectivity index (χ4v) is 10.7. The third kappa shape index (κ3) is 8.26. The Morgan fingerprint density at radius 1 is 0.931 bits per heavy atom. The van der Waals surface area contributed by atoms with Crippen molar-refractivity contribution in [2.45, 2.75) is 96.9 Å². The first-order valence-corrected chi connectivity index (χ1v) is 21.2. The molecular weight excluding hydrogens is 755 g/mol. The molecule has 4 aromatic rings. The lowest BCUT2D eigenvalue weighted by molar-refractivity contribution is -0.184. The maximum atomic E-state index is 13.7. The number of benzene rings is 3. The molecule has 13 heteroatoms. The smallest absolute Gasteiger partial charge is 0.330 e. The van der Waals surface area contributed by atoms with E-state index in [1.165, 1.54) is 4.57 Å². The van der Waals surface area contributed by atoms with E-state index in [1.807, 2.05) is 66.7 Å². The number of aryl methyl sites for hydroxylation is 1. The van der Waals surface area contributed by atoms with E-state index < -0.39 is 43.3 Å². The lowest BCUT2D eigenvalue weighted by Gasteiger charge is -2.49. The van der Waals surface area contributed by atoms with Gasteiger partial charge in [-0.25, -0.2) is 9.46 Å². The van der Waals surface area contributed by atoms with Crippen LogP contribution in [0, 0.1) is 36.0 Å². The highest BCUT2D eigenvalue weighted by molar-refractivity contribution is 7.44. The molecule has 310 valence electrons. The van der Waals surface area contributed by atoms with Gasteiger partial charge in [-0.15, -0.1) is 0 Å². The second-order valence-electron chi connectivity index (χ2n) is 16.0. The van der Waals surface area contributed by atoms with Crippen LogP contribution in [0.5, 0.6) is 11.5 Å². The van der Waals surface area contributed by atoms with E-state index in [1.54, 1.807) is 27.3 Å². The number of hydrogen-bond acceptors (Lipinski definition) is 10. The van der Waals surface area contributed by atoms with Gasteiger partial charge < -0.3 is 28.0 Å². The number of ether oxygens (including phenoxy) is 4. The fraction of sp³-hybridized carbons (Fsp3) is 0.489. The van der Waals surface area contributed by atoms with Crippen molar-refractivity contribution in [2.75, 3.05) is 27.4 Å². The van der Waals surface area contributed by atoms with Crippen LogP contribution in [0.15, 0.2) is 94.6 Å². The van der Waals surface area contributed by atoms with E-state index in [0.717, 1.165) is 23.1 Å². The van der Waals surface area contributed by atoms with Crippen LogP contribution in [0.3, 0.4) is 0 Å². The Hall–Kier alpha value is -4.34. The second-order valence-corrected chi connectivity index (χ2v) is 17.4.